The highest BCUT2D eigenvalue weighted by Crippen LogP contribution is 2.15. The first kappa shape index (κ1) is 15.4. The van der Waals surface area contributed by atoms with Crippen LogP contribution >= 0.6 is 23.2 Å². The number of nitrogens with zero attached hydrogens (tertiary/aromatic N) is 1. The molecule has 1 N–H and O–H groups in total. The number of ether oxygens (including phenoxy) is 1. The average Bonchev–Trinajstić information content (AvgIpc) is 2.47. The summed E-state index contributed by atoms with van der Waals surface area (Å²) < 4.78 is 5.28. The van der Waals surface area contributed by atoms with Gasteiger partial charge in [-0.3, -0.25) is 4.79 Å². The molecule has 108 valence electrons. The van der Waals surface area contributed by atoms with Crippen molar-refractivity contribution in [3.05, 3.63) is 64.1 Å². The third kappa shape index (κ3) is 5.45. The van der Waals surface area contributed by atoms with Crippen LogP contribution in [0.5, 0.6) is 5.75 Å². The van der Waals surface area contributed by atoms with E-state index < -0.39 is 0 Å². The zero-order valence-corrected chi connectivity index (χ0v) is 12.4. The molecule has 0 fully saturated rings. The van der Waals surface area contributed by atoms with Gasteiger partial charge in [-0.15, -0.1) is 0 Å². The quantitative estimate of drug-likeness (QED) is 0.676. The number of nitrogens with one attached hydrogen (secondary N) is 1. The van der Waals surface area contributed by atoms with Crippen LogP contribution in [0.1, 0.15) is 5.56 Å². The lowest BCUT2D eigenvalue weighted by Crippen LogP contribution is -2.24. The van der Waals surface area contributed by atoms with Crippen LogP contribution in [0.3, 0.4) is 0 Å². The molecule has 0 bridgehead atoms. The van der Waals surface area contributed by atoms with Crippen molar-refractivity contribution in [2.75, 3.05) is 6.61 Å². The lowest BCUT2D eigenvalue weighted by molar-refractivity contribution is -0.123. The molecule has 0 saturated carbocycles. The second kappa shape index (κ2) is 7.67. The Morgan fingerprint density at radius 2 is 1.90 bits per heavy atom. The molecule has 0 aromatic heterocycles. The monoisotopic (exact) mass is 322 g/mol. The van der Waals surface area contributed by atoms with Gasteiger partial charge in [0.2, 0.25) is 0 Å². The van der Waals surface area contributed by atoms with Crippen molar-refractivity contribution in [1.29, 1.82) is 0 Å². The summed E-state index contributed by atoms with van der Waals surface area (Å²) in [6.45, 7) is -0.130. The van der Waals surface area contributed by atoms with Gasteiger partial charge in [-0.1, -0.05) is 35.3 Å². The van der Waals surface area contributed by atoms with Gasteiger partial charge in [0.1, 0.15) is 5.75 Å². The molecule has 4 nitrogen and oxygen atoms in total. The second-order valence-corrected chi connectivity index (χ2v) is 4.96. The van der Waals surface area contributed by atoms with Crippen LogP contribution in [0, 0.1) is 0 Å². The van der Waals surface area contributed by atoms with Gasteiger partial charge in [0.15, 0.2) is 6.61 Å². The summed E-state index contributed by atoms with van der Waals surface area (Å²) in [6.07, 6.45) is 1.51. The molecule has 0 spiro atoms. The fourth-order valence-electron chi connectivity index (χ4n) is 1.48. The molecule has 1 amide bonds. The fourth-order valence-corrected chi connectivity index (χ4v) is 1.80. The van der Waals surface area contributed by atoms with E-state index in [-0.39, 0.29) is 12.5 Å². The minimum atomic E-state index is -0.358. The molecule has 0 unspecified atom stereocenters. The van der Waals surface area contributed by atoms with E-state index in [4.69, 9.17) is 27.9 Å². The van der Waals surface area contributed by atoms with E-state index in [1.165, 1.54) is 6.21 Å². The lowest BCUT2D eigenvalue weighted by Gasteiger charge is -2.04. The summed E-state index contributed by atoms with van der Waals surface area (Å²) >= 11 is 11.6. The Bertz CT molecular complexity index is 642. The van der Waals surface area contributed by atoms with Gasteiger partial charge < -0.3 is 4.74 Å². The van der Waals surface area contributed by atoms with Crippen LogP contribution in [-0.4, -0.2) is 18.7 Å². The van der Waals surface area contributed by atoms with Gasteiger partial charge in [-0.2, -0.15) is 5.10 Å². The van der Waals surface area contributed by atoms with Crippen LogP contribution in [0.25, 0.3) is 0 Å². The predicted molar refractivity (Wildman–Crippen MR) is 84.1 cm³/mol. The van der Waals surface area contributed by atoms with E-state index >= 15 is 0 Å². The largest absolute Gasteiger partial charge is 0.484 e. The molecule has 0 aliphatic rings. The molecule has 0 radical (unpaired) electrons. The van der Waals surface area contributed by atoms with E-state index in [1.54, 1.807) is 42.5 Å². The zero-order valence-electron chi connectivity index (χ0n) is 10.9. The number of halogens is 2. The molecule has 2 aromatic rings. The molecule has 21 heavy (non-hydrogen) atoms. The number of carbonyl (C=O) groups is 1. The van der Waals surface area contributed by atoms with Crippen molar-refractivity contribution >= 4 is 35.3 Å². The minimum absolute atomic E-state index is 0.130. The number of benzene rings is 2. The minimum Gasteiger partial charge on any atom is -0.484 e. The van der Waals surface area contributed by atoms with Crippen molar-refractivity contribution in [3.8, 4) is 5.75 Å². The molecule has 6 heteroatoms. The third-order valence-corrected chi connectivity index (χ3v) is 2.92. The van der Waals surface area contributed by atoms with Crippen molar-refractivity contribution < 1.29 is 9.53 Å². The smallest absolute Gasteiger partial charge is 0.277 e. The van der Waals surface area contributed by atoms with Crippen molar-refractivity contribution in [3.63, 3.8) is 0 Å². The Hall–Kier alpha value is -2.04. The topological polar surface area (TPSA) is 50.7 Å². The molecule has 0 aliphatic carbocycles. The Kier molecular flexibility index (Phi) is 5.60. The van der Waals surface area contributed by atoms with Gasteiger partial charge >= 0.3 is 0 Å². The second-order valence-electron chi connectivity index (χ2n) is 4.09. The van der Waals surface area contributed by atoms with E-state index in [0.717, 1.165) is 5.56 Å². The summed E-state index contributed by atoms with van der Waals surface area (Å²) in [5.41, 5.74) is 3.16. The summed E-state index contributed by atoms with van der Waals surface area (Å²) in [6, 6.07) is 13.9. The molecule has 0 saturated heterocycles. The predicted octanol–water partition coefficient (Wildman–Crippen LogP) is 3.52. The molecule has 0 heterocycles. The highest BCUT2D eigenvalue weighted by molar-refractivity contribution is 6.31. The summed E-state index contributed by atoms with van der Waals surface area (Å²) in [4.78, 5) is 11.5. The fraction of sp³-hybridized carbons (Fsp3) is 0.0667. The zero-order chi connectivity index (χ0) is 15.1. The molecule has 0 aliphatic heterocycles. The molecule has 2 rings (SSSR count). The van der Waals surface area contributed by atoms with E-state index in [0.29, 0.717) is 15.8 Å². The van der Waals surface area contributed by atoms with E-state index in [1.807, 2.05) is 6.07 Å². The summed E-state index contributed by atoms with van der Waals surface area (Å²) in [5, 5.41) is 5.04. The van der Waals surface area contributed by atoms with Gasteiger partial charge in [0.05, 0.1) is 6.21 Å². The maximum Gasteiger partial charge on any atom is 0.277 e. The number of hydrogen-bond acceptors (Lipinski definition) is 3. The maximum absolute atomic E-state index is 11.5. The Morgan fingerprint density at radius 3 is 2.62 bits per heavy atom. The summed E-state index contributed by atoms with van der Waals surface area (Å²) in [5.74, 6) is 0.205. The first-order chi connectivity index (χ1) is 10.1. The van der Waals surface area contributed by atoms with Crippen LogP contribution in [-0.2, 0) is 4.79 Å². The molecule has 0 atom stereocenters. The van der Waals surface area contributed by atoms with Crippen LogP contribution in [0.4, 0.5) is 0 Å². The normalized spacial score (nSPS) is 10.6. The van der Waals surface area contributed by atoms with E-state index in [2.05, 4.69) is 10.5 Å². The number of hydrogen-bond donors (Lipinski definition) is 1. The summed E-state index contributed by atoms with van der Waals surface area (Å²) in [7, 11) is 0. The van der Waals surface area contributed by atoms with Crippen LogP contribution < -0.4 is 10.2 Å². The molecular weight excluding hydrogens is 311 g/mol. The molecular formula is C15H12Cl2N2O2. The third-order valence-electron chi connectivity index (χ3n) is 2.44. The average molecular weight is 323 g/mol. The highest BCUT2D eigenvalue weighted by Gasteiger charge is 2.01. The van der Waals surface area contributed by atoms with Gasteiger partial charge in [-0.25, -0.2) is 5.43 Å². The van der Waals surface area contributed by atoms with E-state index in [9.17, 15) is 4.79 Å². The lowest BCUT2D eigenvalue weighted by atomic mass is 10.2. The first-order valence-electron chi connectivity index (χ1n) is 6.09. The first-order valence-corrected chi connectivity index (χ1v) is 6.85. The van der Waals surface area contributed by atoms with Crippen LogP contribution in [0.2, 0.25) is 10.0 Å². The van der Waals surface area contributed by atoms with Gasteiger partial charge in [-0.05, 0) is 42.0 Å². The number of amides is 1. The van der Waals surface area contributed by atoms with Crippen molar-refractivity contribution in [1.82, 2.24) is 5.43 Å². The Balaban J connectivity index is 1.78. The standard InChI is InChI=1S/C15H12Cl2N2O2/c16-12-4-6-14(7-5-12)21-10-15(20)19-18-9-11-2-1-3-13(17)8-11/h1-9H,10H2,(H,19,20). The van der Waals surface area contributed by atoms with Crippen molar-refractivity contribution in [2.24, 2.45) is 5.10 Å². The molecule has 2 aromatic carbocycles. The van der Waals surface area contributed by atoms with Crippen molar-refractivity contribution in [2.45, 2.75) is 0 Å². The van der Waals surface area contributed by atoms with Gasteiger partial charge in [0.25, 0.3) is 5.91 Å². The number of hydrazone groups is 1. The highest BCUT2D eigenvalue weighted by atomic mass is 35.5. The maximum atomic E-state index is 11.5. The Morgan fingerprint density at radius 1 is 1.14 bits per heavy atom. The number of carbonyl (C=O) groups excluding carboxylic acids is 1. The SMILES string of the molecule is O=C(COc1ccc(Cl)cc1)NN=Cc1cccc(Cl)c1. The van der Waals surface area contributed by atoms with Gasteiger partial charge in [0, 0.05) is 10.0 Å². The Labute approximate surface area is 132 Å². The number of rotatable bonds is 5. The van der Waals surface area contributed by atoms with Crippen LogP contribution in [0.15, 0.2) is 53.6 Å².